The number of rotatable bonds is 2. The van der Waals surface area contributed by atoms with E-state index in [0.29, 0.717) is 5.41 Å². The third-order valence-corrected chi connectivity index (χ3v) is 15.1. The van der Waals surface area contributed by atoms with Crippen LogP contribution in [0.2, 0.25) is 0 Å². The predicted molar refractivity (Wildman–Crippen MR) is 215 cm³/mol. The topological polar surface area (TPSA) is 4.93 Å². The molecular formula is C50H53N. The summed E-state index contributed by atoms with van der Waals surface area (Å²) in [6.45, 7) is 19.5. The van der Waals surface area contributed by atoms with Crippen LogP contribution in [0.15, 0.2) is 97.1 Å². The summed E-state index contributed by atoms with van der Waals surface area (Å²) in [5.41, 5.74) is 17.1. The van der Waals surface area contributed by atoms with Crippen molar-refractivity contribution in [3.8, 4) is 5.69 Å². The molecule has 1 aromatic heterocycles. The highest BCUT2D eigenvalue weighted by atomic mass is 15.0. The molecule has 1 heteroatoms. The van der Waals surface area contributed by atoms with E-state index in [1.807, 2.05) is 0 Å². The molecule has 0 saturated heterocycles. The van der Waals surface area contributed by atoms with Gasteiger partial charge in [-0.3, -0.25) is 0 Å². The van der Waals surface area contributed by atoms with Gasteiger partial charge in [0.2, 0.25) is 0 Å². The van der Waals surface area contributed by atoms with E-state index >= 15 is 0 Å². The Labute approximate surface area is 305 Å². The van der Waals surface area contributed by atoms with E-state index in [0.717, 1.165) is 5.92 Å². The molecular weight excluding hydrogens is 615 g/mol. The lowest BCUT2D eigenvalue weighted by atomic mass is 9.58. The SMILES string of the molecule is CC1(C)c2ccccc2C(C)(C)c2cc3c(cc21)c1cc2c(cc1n3-c1ccc(C34CCC(CC3)CC4)cc1)C(C)(C)c1ccccc1C2(C)C. The quantitative estimate of drug-likeness (QED) is 0.173. The van der Waals surface area contributed by atoms with Crippen LogP contribution >= 0.6 is 0 Å². The first-order valence-corrected chi connectivity index (χ1v) is 19.7. The van der Waals surface area contributed by atoms with Gasteiger partial charge in [0.25, 0.3) is 0 Å². The zero-order valence-corrected chi connectivity index (χ0v) is 32.0. The van der Waals surface area contributed by atoms with Crippen molar-refractivity contribution < 1.29 is 0 Å². The van der Waals surface area contributed by atoms with Crippen LogP contribution in [0.25, 0.3) is 27.5 Å². The van der Waals surface area contributed by atoms with E-state index < -0.39 is 0 Å². The lowest BCUT2D eigenvalue weighted by molar-refractivity contribution is 0.136. The maximum absolute atomic E-state index is 2.62. The first kappa shape index (κ1) is 31.6. The van der Waals surface area contributed by atoms with Crippen molar-refractivity contribution in [1.82, 2.24) is 4.57 Å². The monoisotopic (exact) mass is 667 g/mol. The van der Waals surface area contributed by atoms with Crippen molar-refractivity contribution in [2.45, 2.75) is 121 Å². The number of nitrogens with zero attached hydrogens (tertiary/aromatic N) is 1. The summed E-state index contributed by atoms with van der Waals surface area (Å²) in [4.78, 5) is 0. The number of hydrogen-bond acceptors (Lipinski definition) is 0. The largest absolute Gasteiger partial charge is 0.309 e. The summed E-state index contributed by atoms with van der Waals surface area (Å²) in [5, 5.41) is 2.74. The molecule has 0 radical (unpaired) electrons. The summed E-state index contributed by atoms with van der Waals surface area (Å²) in [6.07, 6.45) is 8.33. The lowest BCUT2D eigenvalue weighted by Crippen LogP contribution is -2.37. The number of fused-ring (bicyclic) bond motifs is 10. The van der Waals surface area contributed by atoms with Crippen molar-refractivity contribution in [1.29, 1.82) is 0 Å². The average molecular weight is 668 g/mol. The van der Waals surface area contributed by atoms with E-state index in [-0.39, 0.29) is 21.7 Å². The Morgan fingerprint density at radius 3 is 1.16 bits per heavy atom. The Morgan fingerprint density at radius 2 is 0.784 bits per heavy atom. The second kappa shape index (κ2) is 10.1. The van der Waals surface area contributed by atoms with E-state index in [9.17, 15) is 0 Å². The van der Waals surface area contributed by atoms with Gasteiger partial charge in [0.05, 0.1) is 11.0 Å². The third-order valence-electron chi connectivity index (χ3n) is 15.1. The minimum atomic E-state index is -0.107. The second-order valence-electron chi connectivity index (χ2n) is 19.1. The van der Waals surface area contributed by atoms with Gasteiger partial charge >= 0.3 is 0 Å². The molecule has 0 atom stereocenters. The maximum atomic E-state index is 2.62. The molecule has 5 aliphatic rings. The zero-order chi connectivity index (χ0) is 35.3. The lowest BCUT2D eigenvalue weighted by Gasteiger charge is -2.47. The fraction of sp³-hybridized carbons (Fsp3) is 0.400. The van der Waals surface area contributed by atoms with Crippen molar-refractivity contribution in [3.05, 3.63) is 147 Å². The Kier molecular flexibility index (Phi) is 6.24. The molecule has 11 rings (SSSR count). The molecule has 258 valence electrons. The Morgan fingerprint density at radius 1 is 0.431 bits per heavy atom. The van der Waals surface area contributed by atoms with Crippen molar-refractivity contribution in [2.24, 2.45) is 5.92 Å². The fourth-order valence-corrected chi connectivity index (χ4v) is 11.8. The molecule has 2 bridgehead atoms. The van der Waals surface area contributed by atoms with Crippen LogP contribution in [0.3, 0.4) is 0 Å². The van der Waals surface area contributed by atoms with E-state index in [1.165, 1.54) is 111 Å². The van der Waals surface area contributed by atoms with Crippen LogP contribution in [0.5, 0.6) is 0 Å². The van der Waals surface area contributed by atoms with Crippen LogP contribution in [0.1, 0.15) is 144 Å². The Balaban J connectivity index is 1.27. The number of hydrogen-bond donors (Lipinski definition) is 0. The van der Waals surface area contributed by atoms with Gasteiger partial charge in [0.15, 0.2) is 0 Å². The third kappa shape index (κ3) is 4.04. The molecule has 51 heavy (non-hydrogen) atoms. The van der Waals surface area contributed by atoms with Crippen LogP contribution in [-0.4, -0.2) is 4.57 Å². The van der Waals surface area contributed by atoms with E-state index in [2.05, 4.69) is 157 Å². The average Bonchev–Trinajstić information content (AvgIpc) is 3.46. The van der Waals surface area contributed by atoms with Gasteiger partial charge in [-0.2, -0.15) is 0 Å². The highest BCUT2D eigenvalue weighted by Crippen LogP contribution is 2.55. The number of aromatic nitrogens is 1. The number of benzene rings is 5. The summed E-state index contributed by atoms with van der Waals surface area (Å²) >= 11 is 0. The van der Waals surface area contributed by atoms with Crippen molar-refractivity contribution in [3.63, 3.8) is 0 Å². The van der Waals surface area contributed by atoms with Gasteiger partial charge < -0.3 is 4.57 Å². The second-order valence-corrected chi connectivity index (χ2v) is 19.1. The minimum absolute atomic E-state index is 0.0988. The zero-order valence-electron chi connectivity index (χ0n) is 32.0. The van der Waals surface area contributed by atoms with Gasteiger partial charge in [-0.25, -0.2) is 0 Å². The summed E-state index contributed by atoms with van der Waals surface area (Å²) in [7, 11) is 0. The van der Waals surface area contributed by atoms with Crippen molar-refractivity contribution >= 4 is 21.8 Å². The Hall–Kier alpha value is -4.10. The predicted octanol–water partition coefficient (Wildman–Crippen LogP) is 12.9. The molecule has 0 amide bonds. The molecule has 0 unspecified atom stereocenters. The Bertz CT molecular complexity index is 2270. The first-order valence-electron chi connectivity index (χ1n) is 19.7. The minimum Gasteiger partial charge on any atom is -0.309 e. The molecule has 5 aromatic carbocycles. The van der Waals surface area contributed by atoms with Crippen LogP contribution in [-0.2, 0) is 27.1 Å². The van der Waals surface area contributed by atoms with Gasteiger partial charge in [-0.15, -0.1) is 0 Å². The van der Waals surface area contributed by atoms with Crippen LogP contribution in [0.4, 0.5) is 0 Å². The van der Waals surface area contributed by atoms with Gasteiger partial charge in [-0.05, 0) is 136 Å². The maximum Gasteiger partial charge on any atom is 0.0544 e. The van der Waals surface area contributed by atoms with Crippen LogP contribution in [0, 0.1) is 5.92 Å². The van der Waals surface area contributed by atoms with E-state index in [1.54, 1.807) is 5.56 Å². The van der Waals surface area contributed by atoms with Crippen LogP contribution < -0.4 is 0 Å². The molecule has 1 heterocycles. The molecule has 3 saturated carbocycles. The van der Waals surface area contributed by atoms with Gasteiger partial charge in [0.1, 0.15) is 0 Å². The molecule has 3 fully saturated rings. The molecule has 6 aromatic rings. The molecule has 5 aliphatic carbocycles. The molecule has 0 aliphatic heterocycles. The normalized spacial score (nSPS) is 24.5. The van der Waals surface area contributed by atoms with Crippen molar-refractivity contribution in [2.75, 3.05) is 0 Å². The highest BCUT2D eigenvalue weighted by Gasteiger charge is 2.45. The fourth-order valence-electron chi connectivity index (χ4n) is 11.8. The molecule has 0 spiro atoms. The van der Waals surface area contributed by atoms with E-state index in [4.69, 9.17) is 0 Å². The first-order chi connectivity index (χ1) is 24.2. The molecule has 1 nitrogen and oxygen atoms in total. The van der Waals surface area contributed by atoms with Gasteiger partial charge in [0, 0.05) is 38.1 Å². The highest BCUT2D eigenvalue weighted by molar-refractivity contribution is 6.11. The smallest absolute Gasteiger partial charge is 0.0544 e. The van der Waals surface area contributed by atoms with Gasteiger partial charge in [-0.1, -0.05) is 116 Å². The summed E-state index contributed by atoms with van der Waals surface area (Å²) in [6, 6.07) is 38.6. The summed E-state index contributed by atoms with van der Waals surface area (Å²) in [5.74, 6) is 0.975. The molecule has 0 N–H and O–H groups in total. The standard InChI is InChI=1S/C50H53N/c1-46(2)36-13-9-11-15-38(36)48(5,6)42-29-44-34(27-40(42)46)35-28-41-43(49(7,8)39-16-12-10-14-37(39)47(41,3)4)30-45(35)51(44)33-19-17-32(18-20-33)50-24-21-31(22-25-50)23-26-50/h9-20,27-31H,21-26H2,1-8H3. The summed E-state index contributed by atoms with van der Waals surface area (Å²) < 4.78 is 2.62.